The zero-order chi connectivity index (χ0) is 10.4. The highest BCUT2D eigenvalue weighted by Gasteiger charge is 2.16. The van der Waals surface area contributed by atoms with E-state index < -0.39 is 5.92 Å². The van der Waals surface area contributed by atoms with Crippen molar-refractivity contribution in [1.82, 2.24) is 10.2 Å². The van der Waals surface area contributed by atoms with E-state index in [1.165, 1.54) is 6.20 Å². The van der Waals surface area contributed by atoms with E-state index in [1.807, 2.05) is 13.0 Å². The van der Waals surface area contributed by atoms with Crippen molar-refractivity contribution in [3.8, 4) is 6.07 Å². The fourth-order valence-electron chi connectivity index (χ4n) is 1.09. The first-order valence-corrected chi connectivity index (χ1v) is 4.47. The topological polar surface area (TPSA) is 81.6 Å². The van der Waals surface area contributed by atoms with Gasteiger partial charge < -0.3 is 5.32 Å². The number of nitrogens with one attached hydrogen (secondary N) is 2. The average molecular weight is 192 g/mol. The second-order valence-corrected chi connectivity index (χ2v) is 2.95. The molecule has 0 aliphatic carbocycles. The number of carbonyl (C=O) groups is 1. The molecule has 0 radical (unpaired) electrons. The number of aromatic amines is 1. The lowest BCUT2D eigenvalue weighted by Gasteiger charge is -2.06. The molecule has 1 aromatic heterocycles. The first-order chi connectivity index (χ1) is 6.77. The largest absolute Gasteiger partial charge is 0.322 e. The molecule has 0 fully saturated rings. The predicted octanol–water partition coefficient (Wildman–Crippen LogP) is 1.29. The summed E-state index contributed by atoms with van der Waals surface area (Å²) < 4.78 is 0. The fourth-order valence-corrected chi connectivity index (χ4v) is 1.09. The minimum Gasteiger partial charge on any atom is -0.322 e. The Morgan fingerprint density at radius 2 is 2.64 bits per heavy atom. The molecule has 0 bridgehead atoms. The monoisotopic (exact) mass is 192 g/mol. The van der Waals surface area contributed by atoms with E-state index >= 15 is 0 Å². The number of rotatable bonds is 4. The van der Waals surface area contributed by atoms with Gasteiger partial charge in [0.1, 0.15) is 5.92 Å². The van der Waals surface area contributed by atoms with Crippen LogP contribution in [0.3, 0.4) is 0 Å². The van der Waals surface area contributed by atoms with E-state index in [0.717, 1.165) is 6.42 Å². The molecule has 74 valence electrons. The molecule has 0 aliphatic rings. The van der Waals surface area contributed by atoms with E-state index in [9.17, 15) is 4.79 Å². The van der Waals surface area contributed by atoms with Crippen LogP contribution >= 0.6 is 0 Å². The quantitative estimate of drug-likeness (QED) is 0.754. The van der Waals surface area contributed by atoms with Crippen molar-refractivity contribution in [3.05, 3.63) is 12.4 Å². The first kappa shape index (κ1) is 10.3. The molecule has 0 aromatic carbocycles. The van der Waals surface area contributed by atoms with Gasteiger partial charge in [0.25, 0.3) is 0 Å². The molecule has 5 nitrogen and oxygen atoms in total. The SMILES string of the molecule is CCCC(C#N)C(=O)Nc1cn[nH]c1. The Kier molecular flexibility index (Phi) is 3.68. The Hall–Kier alpha value is -1.83. The van der Waals surface area contributed by atoms with Gasteiger partial charge in [0.05, 0.1) is 18.0 Å². The molecule has 2 N–H and O–H groups in total. The molecule has 1 aromatic rings. The van der Waals surface area contributed by atoms with E-state index in [-0.39, 0.29) is 5.91 Å². The number of amides is 1. The maximum Gasteiger partial charge on any atom is 0.241 e. The summed E-state index contributed by atoms with van der Waals surface area (Å²) >= 11 is 0. The van der Waals surface area contributed by atoms with E-state index in [1.54, 1.807) is 6.20 Å². The highest BCUT2D eigenvalue weighted by molar-refractivity contribution is 5.93. The van der Waals surface area contributed by atoms with Crippen molar-refractivity contribution < 1.29 is 4.79 Å². The maximum absolute atomic E-state index is 11.5. The number of nitriles is 1. The van der Waals surface area contributed by atoms with Gasteiger partial charge in [-0.1, -0.05) is 13.3 Å². The molecule has 14 heavy (non-hydrogen) atoms. The second-order valence-electron chi connectivity index (χ2n) is 2.95. The predicted molar refractivity (Wildman–Crippen MR) is 51.2 cm³/mol. The lowest BCUT2D eigenvalue weighted by molar-refractivity contribution is -0.118. The molecule has 1 amide bonds. The van der Waals surface area contributed by atoms with Crippen LogP contribution in [0.2, 0.25) is 0 Å². The summed E-state index contributed by atoms with van der Waals surface area (Å²) in [5, 5.41) is 17.6. The van der Waals surface area contributed by atoms with E-state index in [0.29, 0.717) is 12.1 Å². The molecule has 0 spiro atoms. The normalized spacial score (nSPS) is 11.7. The van der Waals surface area contributed by atoms with Crippen LogP contribution < -0.4 is 5.32 Å². The van der Waals surface area contributed by atoms with Gasteiger partial charge in [-0.3, -0.25) is 9.89 Å². The summed E-state index contributed by atoms with van der Waals surface area (Å²) in [4.78, 5) is 11.5. The molecule has 0 aliphatic heterocycles. The van der Waals surface area contributed by atoms with Crippen molar-refractivity contribution in [1.29, 1.82) is 5.26 Å². The zero-order valence-corrected chi connectivity index (χ0v) is 7.95. The summed E-state index contributed by atoms with van der Waals surface area (Å²) in [6, 6.07) is 1.97. The number of anilines is 1. The number of aromatic nitrogens is 2. The Morgan fingerprint density at radius 1 is 1.86 bits per heavy atom. The van der Waals surface area contributed by atoms with Crippen LogP contribution in [0.25, 0.3) is 0 Å². The van der Waals surface area contributed by atoms with Crippen LogP contribution in [-0.4, -0.2) is 16.1 Å². The minimum absolute atomic E-state index is 0.268. The van der Waals surface area contributed by atoms with Crippen molar-refractivity contribution in [2.75, 3.05) is 5.32 Å². The summed E-state index contributed by atoms with van der Waals surface area (Å²) in [7, 11) is 0. The molecule has 1 heterocycles. The third-order valence-electron chi connectivity index (χ3n) is 1.82. The Balaban J connectivity index is 2.53. The molecule has 1 rings (SSSR count). The van der Waals surface area contributed by atoms with Gasteiger partial charge >= 0.3 is 0 Å². The molecule has 1 atom stereocenters. The van der Waals surface area contributed by atoms with Crippen molar-refractivity contribution in [2.45, 2.75) is 19.8 Å². The summed E-state index contributed by atoms with van der Waals surface area (Å²) in [5.74, 6) is -0.842. The van der Waals surface area contributed by atoms with Crippen LogP contribution in [0.4, 0.5) is 5.69 Å². The summed E-state index contributed by atoms with van der Waals surface area (Å²) in [6.07, 6.45) is 4.47. The summed E-state index contributed by atoms with van der Waals surface area (Å²) in [5.41, 5.74) is 0.589. The van der Waals surface area contributed by atoms with Gasteiger partial charge in [0, 0.05) is 6.20 Å². The van der Waals surface area contributed by atoms with Crippen molar-refractivity contribution in [2.24, 2.45) is 5.92 Å². The van der Waals surface area contributed by atoms with Gasteiger partial charge in [-0.25, -0.2) is 0 Å². The lowest BCUT2D eigenvalue weighted by atomic mass is 10.1. The third-order valence-corrected chi connectivity index (χ3v) is 1.82. The molecule has 1 unspecified atom stereocenters. The van der Waals surface area contributed by atoms with Crippen LogP contribution in [0, 0.1) is 17.2 Å². The second kappa shape index (κ2) is 5.02. The highest BCUT2D eigenvalue weighted by Crippen LogP contribution is 2.09. The third kappa shape index (κ3) is 2.59. The fraction of sp³-hybridized carbons (Fsp3) is 0.444. The van der Waals surface area contributed by atoms with Crippen molar-refractivity contribution in [3.63, 3.8) is 0 Å². The van der Waals surface area contributed by atoms with Crippen LogP contribution in [-0.2, 0) is 4.79 Å². The summed E-state index contributed by atoms with van der Waals surface area (Å²) in [6.45, 7) is 1.94. The molecular weight excluding hydrogens is 180 g/mol. The zero-order valence-electron chi connectivity index (χ0n) is 7.95. The van der Waals surface area contributed by atoms with Gasteiger partial charge in [0.2, 0.25) is 5.91 Å². The van der Waals surface area contributed by atoms with E-state index in [4.69, 9.17) is 5.26 Å². The molecular formula is C9H12N4O. The van der Waals surface area contributed by atoms with Crippen LogP contribution in [0.5, 0.6) is 0 Å². The lowest BCUT2D eigenvalue weighted by Crippen LogP contribution is -2.21. The Bertz CT molecular complexity index is 325. The smallest absolute Gasteiger partial charge is 0.241 e. The molecule has 0 saturated carbocycles. The van der Waals surface area contributed by atoms with Gasteiger partial charge in [-0.05, 0) is 6.42 Å². The molecule has 5 heteroatoms. The minimum atomic E-state index is -0.574. The first-order valence-electron chi connectivity index (χ1n) is 4.47. The number of carbonyl (C=O) groups excluding carboxylic acids is 1. The number of hydrogen-bond donors (Lipinski definition) is 2. The van der Waals surface area contributed by atoms with Crippen LogP contribution in [0.15, 0.2) is 12.4 Å². The van der Waals surface area contributed by atoms with Gasteiger partial charge in [-0.2, -0.15) is 10.4 Å². The van der Waals surface area contributed by atoms with Gasteiger partial charge in [-0.15, -0.1) is 0 Å². The Labute approximate surface area is 82.1 Å². The van der Waals surface area contributed by atoms with Crippen molar-refractivity contribution >= 4 is 11.6 Å². The van der Waals surface area contributed by atoms with E-state index in [2.05, 4.69) is 15.5 Å². The van der Waals surface area contributed by atoms with Gasteiger partial charge in [0.15, 0.2) is 0 Å². The number of hydrogen-bond acceptors (Lipinski definition) is 3. The molecule has 0 saturated heterocycles. The number of nitrogens with zero attached hydrogens (tertiary/aromatic N) is 2. The highest BCUT2D eigenvalue weighted by atomic mass is 16.1. The number of H-pyrrole nitrogens is 1. The standard InChI is InChI=1S/C9H12N4O/c1-2-3-7(4-10)9(14)13-8-5-11-12-6-8/h5-7H,2-3H2,1H3,(H,11,12)(H,13,14). The average Bonchev–Trinajstić information content (AvgIpc) is 2.66. The van der Waals surface area contributed by atoms with Crippen LogP contribution in [0.1, 0.15) is 19.8 Å². The maximum atomic E-state index is 11.5. The Morgan fingerprint density at radius 3 is 3.14 bits per heavy atom.